The minimum Gasteiger partial charge on any atom is -0.493 e. The zero-order valence-corrected chi connectivity index (χ0v) is 18.0. The van der Waals surface area contributed by atoms with E-state index in [1.54, 1.807) is 81.8 Å². The fourth-order valence-electron chi connectivity index (χ4n) is 3.56. The number of hydrogen-bond acceptors (Lipinski definition) is 6. The number of benzene rings is 3. The Labute approximate surface area is 185 Å². The van der Waals surface area contributed by atoms with Crippen LogP contribution in [0.15, 0.2) is 75.9 Å². The summed E-state index contributed by atoms with van der Waals surface area (Å²) in [6.45, 7) is 1.63. The van der Waals surface area contributed by atoms with E-state index in [2.05, 4.69) is 0 Å². The molecule has 0 bridgehead atoms. The van der Waals surface area contributed by atoms with Crippen LogP contribution in [-0.4, -0.2) is 26.6 Å². The number of hydrogen-bond donors (Lipinski definition) is 0. The van der Waals surface area contributed by atoms with Crippen molar-refractivity contribution in [1.29, 1.82) is 0 Å². The third-order valence-corrected chi connectivity index (χ3v) is 5.18. The van der Waals surface area contributed by atoms with Crippen LogP contribution in [0.4, 0.5) is 0 Å². The van der Waals surface area contributed by atoms with Gasteiger partial charge in [0.1, 0.15) is 17.1 Å². The van der Waals surface area contributed by atoms with Gasteiger partial charge in [-0.05, 0) is 36.8 Å². The van der Waals surface area contributed by atoms with Gasteiger partial charge in [-0.1, -0.05) is 36.4 Å². The van der Waals surface area contributed by atoms with Crippen LogP contribution in [0.2, 0.25) is 0 Å². The van der Waals surface area contributed by atoms with Crippen molar-refractivity contribution in [2.75, 3.05) is 20.8 Å². The molecule has 1 aromatic heterocycles. The number of carbonyl (C=O) groups is 1. The molecule has 6 nitrogen and oxygen atoms in total. The second-order valence-corrected chi connectivity index (χ2v) is 7.17. The van der Waals surface area contributed by atoms with Crippen LogP contribution in [-0.2, 0) is 0 Å². The van der Waals surface area contributed by atoms with Crippen molar-refractivity contribution in [2.24, 2.45) is 0 Å². The molecule has 0 spiro atoms. The minimum atomic E-state index is -0.164. The molecule has 0 aliphatic carbocycles. The molecular weight excluding hydrogens is 408 g/mol. The van der Waals surface area contributed by atoms with Gasteiger partial charge in [0.2, 0.25) is 5.43 Å². The van der Waals surface area contributed by atoms with E-state index in [-0.39, 0.29) is 17.8 Å². The summed E-state index contributed by atoms with van der Waals surface area (Å²) >= 11 is 0. The van der Waals surface area contributed by atoms with Gasteiger partial charge in [0.25, 0.3) is 0 Å². The number of methoxy groups -OCH3 is 2. The average Bonchev–Trinajstić information content (AvgIpc) is 2.82. The molecule has 4 rings (SSSR count). The van der Waals surface area contributed by atoms with Gasteiger partial charge in [-0.3, -0.25) is 9.59 Å². The molecule has 6 heteroatoms. The lowest BCUT2D eigenvalue weighted by molar-refractivity contribution is 0.0921. The number of ether oxygens (including phenoxy) is 3. The molecule has 0 saturated heterocycles. The van der Waals surface area contributed by atoms with E-state index in [1.165, 1.54) is 0 Å². The van der Waals surface area contributed by atoms with Crippen LogP contribution in [0.1, 0.15) is 16.1 Å². The monoisotopic (exact) mass is 430 g/mol. The lowest BCUT2D eigenvalue weighted by Gasteiger charge is -2.12. The van der Waals surface area contributed by atoms with Gasteiger partial charge < -0.3 is 18.6 Å². The summed E-state index contributed by atoms with van der Waals surface area (Å²) in [5, 5.41) is 0.419. The first kappa shape index (κ1) is 21.2. The lowest BCUT2D eigenvalue weighted by atomic mass is 10.0. The SMILES string of the molecule is COc1ccc(-c2c(C)oc3cc(OCC(=O)c4ccccc4)ccc3c2=O)cc1OC. The number of carbonyl (C=O) groups excluding carboxylic acids is 1. The second-order valence-electron chi connectivity index (χ2n) is 7.17. The van der Waals surface area contributed by atoms with Crippen molar-refractivity contribution in [2.45, 2.75) is 6.92 Å². The normalized spacial score (nSPS) is 10.7. The van der Waals surface area contributed by atoms with Gasteiger partial charge >= 0.3 is 0 Å². The Balaban J connectivity index is 1.65. The highest BCUT2D eigenvalue weighted by Crippen LogP contribution is 2.33. The maximum absolute atomic E-state index is 13.2. The molecule has 0 unspecified atom stereocenters. The van der Waals surface area contributed by atoms with E-state index >= 15 is 0 Å². The van der Waals surface area contributed by atoms with Gasteiger partial charge in [-0.15, -0.1) is 0 Å². The van der Waals surface area contributed by atoms with E-state index in [4.69, 9.17) is 18.6 Å². The van der Waals surface area contributed by atoms with Gasteiger partial charge in [-0.2, -0.15) is 0 Å². The van der Waals surface area contributed by atoms with Crippen molar-refractivity contribution >= 4 is 16.8 Å². The van der Waals surface area contributed by atoms with Crippen LogP contribution >= 0.6 is 0 Å². The Hall–Kier alpha value is -4.06. The molecule has 0 aliphatic rings. The first-order valence-electron chi connectivity index (χ1n) is 10.0. The molecule has 4 aromatic rings. The summed E-state index contributed by atoms with van der Waals surface area (Å²) in [5.74, 6) is 1.88. The topological polar surface area (TPSA) is 75.0 Å². The molecule has 0 atom stereocenters. The van der Waals surface area contributed by atoms with Crippen molar-refractivity contribution in [3.63, 3.8) is 0 Å². The Morgan fingerprint density at radius 2 is 1.66 bits per heavy atom. The van der Waals surface area contributed by atoms with Crippen molar-refractivity contribution < 1.29 is 23.4 Å². The van der Waals surface area contributed by atoms with E-state index in [0.717, 1.165) is 0 Å². The second kappa shape index (κ2) is 8.98. The Morgan fingerprint density at radius 3 is 2.38 bits per heavy atom. The van der Waals surface area contributed by atoms with Gasteiger partial charge in [0.15, 0.2) is 23.9 Å². The lowest BCUT2D eigenvalue weighted by Crippen LogP contribution is -2.12. The zero-order valence-electron chi connectivity index (χ0n) is 18.0. The maximum atomic E-state index is 13.2. The van der Waals surface area contributed by atoms with Gasteiger partial charge in [0, 0.05) is 11.6 Å². The molecule has 0 radical (unpaired) electrons. The molecule has 32 heavy (non-hydrogen) atoms. The molecule has 1 heterocycles. The zero-order chi connectivity index (χ0) is 22.7. The molecule has 162 valence electrons. The molecule has 0 aliphatic heterocycles. The molecule has 3 aromatic carbocycles. The summed E-state index contributed by atoms with van der Waals surface area (Å²) in [5.41, 5.74) is 1.93. The predicted octanol–water partition coefficient (Wildman–Crippen LogP) is 5.05. The Bertz CT molecular complexity index is 1340. The van der Waals surface area contributed by atoms with E-state index in [9.17, 15) is 9.59 Å². The maximum Gasteiger partial charge on any atom is 0.200 e. The largest absolute Gasteiger partial charge is 0.493 e. The third kappa shape index (κ3) is 4.07. The van der Waals surface area contributed by atoms with Crippen molar-refractivity contribution in [1.82, 2.24) is 0 Å². The Kier molecular flexibility index (Phi) is 5.94. The number of fused-ring (bicyclic) bond motifs is 1. The minimum absolute atomic E-state index is 0.109. The average molecular weight is 430 g/mol. The summed E-state index contributed by atoms with van der Waals surface area (Å²) in [7, 11) is 3.10. The first-order valence-corrected chi connectivity index (χ1v) is 10.0. The fourth-order valence-corrected chi connectivity index (χ4v) is 3.56. The summed E-state index contributed by atoms with van der Waals surface area (Å²) in [4.78, 5) is 25.5. The summed E-state index contributed by atoms with van der Waals surface area (Å²) in [6, 6.07) is 19.1. The number of Topliss-reactive ketones (excluding diaryl/α,β-unsaturated/α-hetero) is 1. The summed E-state index contributed by atoms with van der Waals surface area (Å²) in [6.07, 6.45) is 0. The van der Waals surface area contributed by atoms with E-state index in [1.807, 2.05) is 6.07 Å². The Morgan fingerprint density at radius 1 is 0.906 bits per heavy atom. The molecule has 0 N–H and O–H groups in total. The van der Waals surface area contributed by atoms with Crippen molar-refractivity contribution in [3.8, 4) is 28.4 Å². The van der Waals surface area contributed by atoms with Crippen LogP contribution in [0.25, 0.3) is 22.1 Å². The molecule has 0 amide bonds. The highest BCUT2D eigenvalue weighted by molar-refractivity contribution is 5.97. The number of aryl methyl sites for hydroxylation is 1. The summed E-state index contributed by atoms with van der Waals surface area (Å²) < 4.78 is 22.2. The van der Waals surface area contributed by atoms with Crippen LogP contribution in [0, 0.1) is 6.92 Å². The predicted molar refractivity (Wildman–Crippen MR) is 122 cm³/mol. The number of ketones is 1. The first-order chi connectivity index (χ1) is 15.5. The quantitative estimate of drug-likeness (QED) is 0.382. The smallest absolute Gasteiger partial charge is 0.200 e. The number of rotatable bonds is 7. The van der Waals surface area contributed by atoms with Crippen LogP contribution < -0.4 is 19.6 Å². The third-order valence-electron chi connectivity index (χ3n) is 5.18. The highest BCUT2D eigenvalue weighted by Gasteiger charge is 2.16. The van der Waals surface area contributed by atoms with Crippen molar-refractivity contribution in [3.05, 3.63) is 88.3 Å². The molecule has 0 fully saturated rings. The van der Waals surface area contributed by atoms with Crippen LogP contribution in [0.3, 0.4) is 0 Å². The van der Waals surface area contributed by atoms with Gasteiger partial charge in [0.05, 0.1) is 25.2 Å². The molecular formula is C26H22O6. The van der Waals surface area contributed by atoms with E-state index in [0.29, 0.717) is 50.7 Å². The standard InChI is InChI=1S/C26H22O6/c1-16-25(18-9-12-22(29-2)24(13-18)30-3)26(28)20-11-10-19(14-23(20)32-16)31-15-21(27)17-7-5-4-6-8-17/h4-14H,15H2,1-3H3. The fraction of sp³-hybridized carbons (Fsp3) is 0.154. The molecule has 0 saturated carbocycles. The van der Waals surface area contributed by atoms with Gasteiger partial charge in [-0.25, -0.2) is 0 Å². The van der Waals surface area contributed by atoms with E-state index < -0.39 is 0 Å². The van der Waals surface area contributed by atoms with Crippen LogP contribution in [0.5, 0.6) is 17.2 Å². The highest BCUT2D eigenvalue weighted by atomic mass is 16.5.